The Kier molecular flexibility index (Phi) is 41.3. The van der Waals surface area contributed by atoms with Crippen LogP contribution in [-0.4, -0.2) is 69.8 Å². The molecule has 0 saturated heterocycles. The summed E-state index contributed by atoms with van der Waals surface area (Å²) in [6, 6.07) is 132. The number of pyridine rings is 10. The Morgan fingerprint density at radius 2 is 0.453 bits per heavy atom. The van der Waals surface area contributed by atoms with E-state index in [1.807, 2.05) is 356 Å². The van der Waals surface area contributed by atoms with Gasteiger partial charge in [-0.15, -0.1) is 287 Å². The van der Waals surface area contributed by atoms with Crippen molar-refractivity contribution in [2.75, 3.05) is 0 Å². The van der Waals surface area contributed by atoms with E-state index in [1.165, 1.54) is 22.3 Å². The standard InChI is InChI=1S/2C16H11N2.2C15H10N3.4C12H10N.4Ir/c1-2-6-13(7-3-1)16-12-14(9-11-18-16)15-8-4-5-10-17-15;1-2-5-13(6-3-1)16-11-14(8-10-18-16)15-7-4-9-17-12-15;1-2-5-12(6-3-1)14-11-13(7-10-16-14)15-17-8-4-9-18-15;1-2-4-12(5-3-1)14-10-13(6-7-17-14)15-11-16-8-9-18-15;4*1-10-7-8-12(13-9-10)11-5-3-2-4-6-11;;;;/h1-6,8-12H;1-5,7-12H;1-5,7-11H;1-4,6-11H;4*2-5,7-9H,1H3;;;;/q8*-1;;;;. The van der Waals surface area contributed by atoms with Crippen molar-refractivity contribution in [1.82, 2.24) is 69.8 Å². The molecule has 0 amide bonds. The monoisotopic (exact) mass is 2370 g/mol. The largest absolute Gasteiger partial charge is 0.305 e. The fourth-order valence-electron chi connectivity index (χ4n) is 11.8. The average molecular weight is 2370 g/mol. The zero-order chi connectivity index (χ0) is 85.2. The minimum absolute atomic E-state index is 0. The van der Waals surface area contributed by atoms with Crippen LogP contribution in [0.2, 0.25) is 0 Å². The van der Waals surface area contributed by atoms with Crippen LogP contribution in [0.25, 0.3) is 135 Å². The molecule has 20 aromatic rings. The van der Waals surface area contributed by atoms with Gasteiger partial charge in [-0.25, -0.2) is 9.97 Å². The second kappa shape index (κ2) is 54.0. The van der Waals surface area contributed by atoms with Crippen molar-refractivity contribution < 1.29 is 80.4 Å². The molecule has 128 heavy (non-hydrogen) atoms. The Balaban J connectivity index is 0.000000165. The first-order valence-corrected chi connectivity index (χ1v) is 39.8. The van der Waals surface area contributed by atoms with Gasteiger partial charge in [0.2, 0.25) is 0 Å². The van der Waals surface area contributed by atoms with Gasteiger partial charge in [0.05, 0.1) is 17.6 Å². The first kappa shape index (κ1) is 97.8. The molecule has 0 aliphatic rings. The Morgan fingerprint density at radius 3 is 0.750 bits per heavy atom. The summed E-state index contributed by atoms with van der Waals surface area (Å²) >= 11 is 0. The van der Waals surface area contributed by atoms with Gasteiger partial charge < -0.3 is 39.9 Å². The molecule has 0 atom stereocenters. The molecule has 0 unspecified atom stereocenters. The fourth-order valence-corrected chi connectivity index (χ4v) is 11.8. The zero-order valence-electron chi connectivity index (χ0n) is 70.0. The number of aryl methyl sites for hydroxylation is 4. The summed E-state index contributed by atoms with van der Waals surface area (Å²) in [7, 11) is 0. The minimum Gasteiger partial charge on any atom is -0.305 e. The Morgan fingerprint density at radius 1 is 0.164 bits per heavy atom. The normalized spacial score (nSPS) is 9.78. The number of nitrogens with zero attached hydrogens (tertiary/aromatic N) is 14. The number of rotatable bonds is 12. The van der Waals surface area contributed by atoms with Crippen LogP contribution < -0.4 is 0 Å². The van der Waals surface area contributed by atoms with E-state index in [9.17, 15) is 0 Å². The predicted octanol–water partition coefficient (Wildman–Crippen LogP) is 24.7. The fraction of sp³-hybridized carbons (Fsp3) is 0.0364. The Labute approximate surface area is 803 Å². The molecule has 8 aromatic carbocycles. The summed E-state index contributed by atoms with van der Waals surface area (Å²) in [6.45, 7) is 8.13. The molecule has 4 radical (unpaired) electrons. The molecule has 0 fully saturated rings. The van der Waals surface area contributed by atoms with Gasteiger partial charge in [0, 0.05) is 179 Å². The van der Waals surface area contributed by atoms with Crippen LogP contribution in [0.3, 0.4) is 0 Å². The maximum Gasteiger partial charge on any atom is 0.158 e. The maximum atomic E-state index is 4.38. The number of aromatic nitrogens is 14. The molecule has 636 valence electrons. The molecule has 0 saturated carbocycles. The molecule has 12 aromatic heterocycles. The molecule has 14 nitrogen and oxygen atoms in total. The Hall–Kier alpha value is -14.0. The molecule has 0 aliphatic carbocycles. The topological polar surface area (TPSA) is 180 Å². The number of benzene rings is 8. The van der Waals surface area contributed by atoms with Gasteiger partial charge >= 0.3 is 0 Å². The van der Waals surface area contributed by atoms with Crippen LogP contribution in [0.1, 0.15) is 22.3 Å². The van der Waals surface area contributed by atoms with Crippen molar-refractivity contribution in [1.29, 1.82) is 0 Å². The third-order valence-electron chi connectivity index (χ3n) is 18.2. The van der Waals surface area contributed by atoms with E-state index in [2.05, 4.69) is 149 Å². The van der Waals surface area contributed by atoms with Crippen LogP contribution >= 0.6 is 0 Å². The van der Waals surface area contributed by atoms with Crippen molar-refractivity contribution >= 4 is 0 Å². The molecule has 0 N–H and O–H groups in total. The van der Waals surface area contributed by atoms with E-state index in [0.717, 1.165) is 129 Å². The second-order valence-corrected chi connectivity index (χ2v) is 27.4. The molecular formula is C110H82Ir4N14-8. The van der Waals surface area contributed by atoms with Gasteiger partial charge in [0.1, 0.15) is 0 Å². The van der Waals surface area contributed by atoms with Gasteiger partial charge in [-0.1, -0.05) is 84.9 Å². The van der Waals surface area contributed by atoms with E-state index in [1.54, 1.807) is 68.0 Å². The van der Waals surface area contributed by atoms with Crippen LogP contribution in [0.4, 0.5) is 0 Å². The van der Waals surface area contributed by atoms with Crippen LogP contribution in [0, 0.1) is 76.2 Å². The molecular weight excluding hydrogens is 2290 g/mol. The summed E-state index contributed by atoms with van der Waals surface area (Å²) in [5.74, 6) is 0.706. The number of hydrogen-bond donors (Lipinski definition) is 0. The van der Waals surface area contributed by atoms with Gasteiger partial charge in [0.25, 0.3) is 0 Å². The second-order valence-electron chi connectivity index (χ2n) is 27.4. The predicted molar refractivity (Wildman–Crippen MR) is 496 cm³/mol. The summed E-state index contributed by atoms with van der Waals surface area (Å²) in [4.78, 5) is 60.0. The SMILES string of the molecule is Cc1ccc(-c2[c-]cccc2)nc1.Cc1ccc(-c2[c-]cccc2)nc1.Cc1ccc(-c2[c-]cccc2)nc1.Cc1ccc(-c2[c-]cccc2)nc1.[Ir].[Ir].[Ir].[Ir].[c-]1ccccc1-c1cc(-c2ccccn2)ccn1.[c-]1ccccc1-c1cc(-c2cccnc2)ccn1.[c-]1ccccc1-c1cc(-c2cnccn2)ccn1.[c-]1ccccc1-c1cc(-c2ncccn2)ccn1. The van der Waals surface area contributed by atoms with Crippen LogP contribution in [0.5, 0.6) is 0 Å². The van der Waals surface area contributed by atoms with E-state index < -0.39 is 0 Å². The first-order chi connectivity index (χ1) is 61.2. The molecule has 0 aliphatic heterocycles. The third-order valence-corrected chi connectivity index (χ3v) is 18.2. The summed E-state index contributed by atoms with van der Waals surface area (Å²) in [6.07, 6.45) is 28.6. The zero-order valence-corrected chi connectivity index (χ0v) is 79.6. The smallest absolute Gasteiger partial charge is 0.158 e. The van der Waals surface area contributed by atoms with Crippen molar-refractivity contribution in [3.63, 3.8) is 0 Å². The van der Waals surface area contributed by atoms with Crippen molar-refractivity contribution in [2.24, 2.45) is 0 Å². The average Bonchev–Trinajstić information content (AvgIpc) is 0.843. The van der Waals surface area contributed by atoms with Crippen molar-refractivity contribution in [3.8, 4) is 135 Å². The molecule has 20 rings (SSSR count). The van der Waals surface area contributed by atoms with Crippen molar-refractivity contribution in [2.45, 2.75) is 27.7 Å². The molecule has 0 spiro atoms. The summed E-state index contributed by atoms with van der Waals surface area (Å²) < 4.78 is 0. The Bertz CT molecular complexity index is 5430. The third kappa shape index (κ3) is 31.3. The van der Waals surface area contributed by atoms with E-state index >= 15 is 0 Å². The first-order valence-electron chi connectivity index (χ1n) is 39.8. The minimum atomic E-state index is 0. The van der Waals surface area contributed by atoms with Crippen LogP contribution in [0.15, 0.2) is 427 Å². The molecule has 12 heterocycles. The van der Waals surface area contributed by atoms with Crippen LogP contribution in [-0.2, 0) is 80.4 Å². The quantitative estimate of drug-likeness (QED) is 0.105. The van der Waals surface area contributed by atoms with E-state index in [0.29, 0.717) is 5.82 Å². The molecule has 18 heteroatoms. The van der Waals surface area contributed by atoms with Gasteiger partial charge in [0.15, 0.2) is 5.82 Å². The summed E-state index contributed by atoms with van der Waals surface area (Å²) in [5, 5.41) is 0. The van der Waals surface area contributed by atoms with E-state index in [4.69, 9.17) is 0 Å². The van der Waals surface area contributed by atoms with Gasteiger partial charge in [-0.05, 0) is 166 Å². The number of hydrogen-bond acceptors (Lipinski definition) is 14. The molecule has 0 bridgehead atoms. The van der Waals surface area contributed by atoms with Gasteiger partial charge in [-0.2, -0.15) is 0 Å². The summed E-state index contributed by atoms with van der Waals surface area (Å²) in [5.41, 5.74) is 27.4. The van der Waals surface area contributed by atoms with Crippen molar-refractivity contribution in [3.05, 3.63) is 498 Å². The van der Waals surface area contributed by atoms with Gasteiger partial charge in [-0.3, -0.25) is 19.9 Å². The van der Waals surface area contributed by atoms with E-state index in [-0.39, 0.29) is 80.4 Å². The maximum absolute atomic E-state index is 4.38.